The Morgan fingerprint density at radius 2 is 1.72 bits per heavy atom. The smallest absolute Gasteiger partial charge is 0.225 e. The molecule has 0 bridgehead atoms. The first kappa shape index (κ1) is 24.1. The van der Waals surface area contributed by atoms with E-state index in [0.717, 1.165) is 39.0 Å². The summed E-state index contributed by atoms with van der Waals surface area (Å²) >= 11 is 0. The molecule has 8 nitrogen and oxygen atoms in total. The minimum Gasteiger partial charge on any atom is -0.356 e. The van der Waals surface area contributed by atoms with Crippen molar-refractivity contribution in [3.8, 4) is 0 Å². The predicted molar refractivity (Wildman–Crippen MR) is 114 cm³/mol. The zero-order chi connectivity index (χ0) is 21.4. The number of rotatable bonds is 5. The molecule has 1 unspecified atom stereocenters. The van der Waals surface area contributed by atoms with Gasteiger partial charge in [0.1, 0.15) is 0 Å². The van der Waals surface area contributed by atoms with E-state index in [1.54, 1.807) is 0 Å². The molecule has 2 rings (SSSR count). The van der Waals surface area contributed by atoms with E-state index >= 15 is 0 Å². The van der Waals surface area contributed by atoms with E-state index < -0.39 is 10.0 Å². The molecular weight excluding hydrogens is 392 g/mol. The van der Waals surface area contributed by atoms with Crippen LogP contribution in [0.2, 0.25) is 0 Å². The third-order valence-corrected chi connectivity index (χ3v) is 7.57. The highest BCUT2D eigenvalue weighted by Gasteiger charge is 2.29. The van der Waals surface area contributed by atoms with Crippen LogP contribution in [-0.4, -0.2) is 92.4 Å². The molecule has 0 aromatic rings. The summed E-state index contributed by atoms with van der Waals surface area (Å²) in [7, 11) is -3.35. The van der Waals surface area contributed by atoms with Gasteiger partial charge in [0.05, 0.1) is 6.26 Å². The fraction of sp³-hybridized carbons (Fsp3) is 0.900. The van der Waals surface area contributed by atoms with Gasteiger partial charge >= 0.3 is 0 Å². The van der Waals surface area contributed by atoms with Crippen molar-refractivity contribution < 1.29 is 18.0 Å². The molecule has 1 N–H and O–H groups in total. The van der Waals surface area contributed by atoms with Gasteiger partial charge in [-0.25, -0.2) is 12.7 Å². The monoisotopic (exact) mass is 430 g/mol. The van der Waals surface area contributed by atoms with E-state index in [0.29, 0.717) is 38.4 Å². The maximum atomic E-state index is 13.1. The average molecular weight is 431 g/mol. The first-order valence-electron chi connectivity index (χ1n) is 11.0. The number of piperazine rings is 1. The number of sulfonamides is 1. The summed E-state index contributed by atoms with van der Waals surface area (Å²) in [5.41, 5.74) is 0. The van der Waals surface area contributed by atoms with Crippen LogP contribution >= 0.6 is 0 Å². The second-order valence-electron chi connectivity index (χ2n) is 8.22. The molecular formula is C20H38N4O4S. The van der Waals surface area contributed by atoms with Gasteiger partial charge in [-0.15, -0.1) is 0 Å². The lowest BCUT2D eigenvalue weighted by Crippen LogP contribution is -2.53. The fourth-order valence-electron chi connectivity index (χ4n) is 4.42. The van der Waals surface area contributed by atoms with Crippen LogP contribution in [0.25, 0.3) is 0 Å². The van der Waals surface area contributed by atoms with Crippen molar-refractivity contribution in [1.29, 1.82) is 0 Å². The van der Waals surface area contributed by atoms with Gasteiger partial charge in [-0.1, -0.05) is 13.8 Å². The summed E-state index contributed by atoms with van der Waals surface area (Å²) in [6, 6.07) is 0.585. The van der Waals surface area contributed by atoms with Crippen molar-refractivity contribution in [2.45, 2.75) is 58.4 Å². The highest BCUT2D eigenvalue weighted by atomic mass is 32.2. The molecule has 1 atom stereocenters. The lowest BCUT2D eigenvalue weighted by Gasteiger charge is -2.40. The summed E-state index contributed by atoms with van der Waals surface area (Å²) in [6.07, 6.45) is 5.47. The topological polar surface area (TPSA) is 90.0 Å². The first-order valence-corrected chi connectivity index (χ1v) is 12.9. The van der Waals surface area contributed by atoms with Crippen LogP contribution in [0.4, 0.5) is 0 Å². The van der Waals surface area contributed by atoms with E-state index in [-0.39, 0.29) is 30.7 Å². The second kappa shape index (κ2) is 11.3. The molecule has 0 aromatic carbocycles. The maximum absolute atomic E-state index is 13.1. The van der Waals surface area contributed by atoms with Gasteiger partial charge in [0.15, 0.2) is 0 Å². The van der Waals surface area contributed by atoms with Crippen LogP contribution in [-0.2, 0) is 19.6 Å². The number of amides is 2. The van der Waals surface area contributed by atoms with Crippen molar-refractivity contribution in [3.05, 3.63) is 0 Å². The molecule has 0 aliphatic carbocycles. The van der Waals surface area contributed by atoms with E-state index in [9.17, 15) is 18.0 Å². The van der Waals surface area contributed by atoms with E-state index in [2.05, 4.69) is 24.1 Å². The number of carbonyl (C=O) groups is 2. The molecule has 29 heavy (non-hydrogen) atoms. The average Bonchev–Trinajstić information content (AvgIpc) is 2.73. The van der Waals surface area contributed by atoms with Gasteiger partial charge in [0, 0.05) is 64.2 Å². The number of carbonyl (C=O) groups excluding carboxylic acids is 2. The molecule has 2 fully saturated rings. The third-order valence-electron chi connectivity index (χ3n) is 6.27. The molecule has 9 heteroatoms. The lowest BCUT2D eigenvalue weighted by molar-refractivity contribution is -0.138. The first-order chi connectivity index (χ1) is 13.8. The highest BCUT2D eigenvalue weighted by molar-refractivity contribution is 7.88. The van der Waals surface area contributed by atoms with Crippen molar-refractivity contribution in [1.82, 2.24) is 19.4 Å². The second-order valence-corrected chi connectivity index (χ2v) is 10.2. The SMILES string of the molecule is CCC(CC)N1CCN(C(=O)C2CCCN(S(C)(=O)=O)CCC(=O)NCC2)CC1. The van der Waals surface area contributed by atoms with Gasteiger partial charge < -0.3 is 10.2 Å². The van der Waals surface area contributed by atoms with Crippen LogP contribution in [0.15, 0.2) is 0 Å². The molecule has 0 spiro atoms. The van der Waals surface area contributed by atoms with Gasteiger partial charge in [0.2, 0.25) is 21.8 Å². The summed E-state index contributed by atoms with van der Waals surface area (Å²) in [6.45, 7) is 8.74. The molecule has 2 saturated heterocycles. The zero-order valence-corrected chi connectivity index (χ0v) is 19.0. The molecule has 2 heterocycles. The zero-order valence-electron chi connectivity index (χ0n) is 18.2. The molecule has 2 amide bonds. The number of hydrogen-bond acceptors (Lipinski definition) is 5. The summed E-state index contributed by atoms with van der Waals surface area (Å²) in [5, 5.41) is 2.84. The van der Waals surface area contributed by atoms with E-state index in [1.807, 2.05) is 4.90 Å². The quantitative estimate of drug-likeness (QED) is 0.700. The Morgan fingerprint density at radius 3 is 2.31 bits per heavy atom. The van der Waals surface area contributed by atoms with Crippen LogP contribution < -0.4 is 5.32 Å². The van der Waals surface area contributed by atoms with Gasteiger partial charge in [0.25, 0.3) is 0 Å². The minimum atomic E-state index is -3.35. The van der Waals surface area contributed by atoms with Crippen LogP contribution in [0.5, 0.6) is 0 Å². The Kier molecular flexibility index (Phi) is 9.36. The maximum Gasteiger partial charge on any atom is 0.225 e. The minimum absolute atomic E-state index is 0.147. The Hall–Kier alpha value is -1.19. The number of hydrogen-bond donors (Lipinski definition) is 1. The van der Waals surface area contributed by atoms with Crippen molar-refractivity contribution >= 4 is 21.8 Å². The largest absolute Gasteiger partial charge is 0.356 e. The molecule has 2 aliphatic rings. The molecule has 0 radical (unpaired) electrons. The Balaban J connectivity index is 1.97. The summed E-state index contributed by atoms with van der Waals surface area (Å²) in [5.74, 6) is -0.186. The van der Waals surface area contributed by atoms with Crippen molar-refractivity contribution in [3.63, 3.8) is 0 Å². The normalized spacial score (nSPS) is 24.2. The molecule has 2 aliphatic heterocycles. The summed E-state index contributed by atoms with van der Waals surface area (Å²) < 4.78 is 25.3. The van der Waals surface area contributed by atoms with Crippen molar-refractivity contribution in [2.24, 2.45) is 5.92 Å². The van der Waals surface area contributed by atoms with Crippen LogP contribution in [0.1, 0.15) is 52.4 Å². The number of nitrogens with one attached hydrogen (secondary N) is 1. The van der Waals surface area contributed by atoms with Gasteiger partial charge in [-0.2, -0.15) is 0 Å². The number of nitrogens with zero attached hydrogens (tertiary/aromatic N) is 3. The van der Waals surface area contributed by atoms with Gasteiger partial charge in [-0.3, -0.25) is 14.5 Å². The Labute approximate surface area is 176 Å². The van der Waals surface area contributed by atoms with Crippen molar-refractivity contribution in [2.75, 3.05) is 52.1 Å². The highest BCUT2D eigenvalue weighted by Crippen LogP contribution is 2.19. The van der Waals surface area contributed by atoms with E-state index in [4.69, 9.17) is 0 Å². The lowest BCUT2D eigenvalue weighted by atomic mass is 9.97. The third kappa shape index (κ3) is 7.22. The van der Waals surface area contributed by atoms with Crippen LogP contribution in [0, 0.1) is 5.92 Å². The fourth-order valence-corrected chi connectivity index (χ4v) is 5.30. The Morgan fingerprint density at radius 1 is 1.07 bits per heavy atom. The van der Waals surface area contributed by atoms with Gasteiger partial charge in [-0.05, 0) is 32.1 Å². The molecule has 168 valence electrons. The standard InChI is InChI=1S/C20H38N4O4S/c1-4-18(5-2)22-13-15-23(16-14-22)20(26)17-7-6-11-24(29(3,27)28)12-9-19(25)21-10-8-17/h17-18H,4-16H2,1-3H3,(H,21,25). The Bertz CT molecular complexity index is 643. The predicted octanol–water partition coefficient (Wildman–Crippen LogP) is 0.887. The molecule has 0 aromatic heterocycles. The molecule has 0 saturated carbocycles. The van der Waals surface area contributed by atoms with E-state index in [1.165, 1.54) is 10.6 Å². The van der Waals surface area contributed by atoms with Crippen LogP contribution in [0.3, 0.4) is 0 Å². The summed E-state index contributed by atoms with van der Waals surface area (Å²) in [4.78, 5) is 29.6.